The Morgan fingerprint density at radius 2 is 1.75 bits per heavy atom. The summed E-state index contributed by atoms with van der Waals surface area (Å²) in [5, 5.41) is 0.902. The molecule has 1 heterocycles. The lowest BCUT2D eigenvalue weighted by Gasteiger charge is -2.06. The fraction of sp³-hybridized carbons (Fsp3) is 0.111. The monoisotopic (exact) mass is 261 g/mol. The molecule has 2 nitrogen and oxygen atoms in total. The van der Waals surface area contributed by atoms with Gasteiger partial charge in [-0.05, 0) is 24.1 Å². The van der Waals surface area contributed by atoms with E-state index in [9.17, 15) is 4.79 Å². The van der Waals surface area contributed by atoms with Crippen molar-refractivity contribution in [3.8, 4) is 0 Å². The van der Waals surface area contributed by atoms with Gasteiger partial charge in [-0.3, -0.25) is 9.78 Å². The lowest BCUT2D eigenvalue weighted by molar-refractivity contribution is 0.104. The second-order valence-corrected chi connectivity index (χ2v) is 4.76. The van der Waals surface area contributed by atoms with Crippen LogP contribution in [0.4, 0.5) is 0 Å². The predicted octanol–water partition coefficient (Wildman–Crippen LogP) is 4.03. The Hall–Kier alpha value is -2.48. The van der Waals surface area contributed by atoms with Crippen LogP contribution in [0.2, 0.25) is 0 Å². The number of para-hydroxylation sites is 1. The highest BCUT2D eigenvalue weighted by Crippen LogP contribution is 2.20. The smallest absolute Gasteiger partial charge is 0.193 e. The quantitative estimate of drug-likeness (QED) is 0.666. The summed E-state index contributed by atoms with van der Waals surface area (Å²) < 4.78 is 0. The van der Waals surface area contributed by atoms with Crippen LogP contribution in [0.3, 0.4) is 0 Å². The molecule has 0 spiro atoms. The topological polar surface area (TPSA) is 30.0 Å². The summed E-state index contributed by atoms with van der Waals surface area (Å²) in [6, 6.07) is 17.3. The standard InChI is InChI=1S/C18H15NO/c1-2-13-7-9-14(10-8-13)18(20)16-11-12-19-17-6-4-3-5-15(16)17/h3-12H,2H2,1H3. The van der Waals surface area contributed by atoms with Gasteiger partial charge in [-0.1, -0.05) is 49.4 Å². The van der Waals surface area contributed by atoms with Crippen molar-refractivity contribution in [2.75, 3.05) is 0 Å². The van der Waals surface area contributed by atoms with Crippen LogP contribution in [0.1, 0.15) is 28.4 Å². The second kappa shape index (κ2) is 5.25. The molecule has 0 radical (unpaired) electrons. The number of benzene rings is 2. The highest BCUT2D eigenvalue weighted by Gasteiger charge is 2.12. The van der Waals surface area contributed by atoms with E-state index >= 15 is 0 Å². The molecule has 0 fully saturated rings. The molecular formula is C18H15NO. The Balaban J connectivity index is 2.07. The fourth-order valence-corrected chi connectivity index (χ4v) is 2.34. The van der Waals surface area contributed by atoms with Gasteiger partial charge >= 0.3 is 0 Å². The number of carbonyl (C=O) groups is 1. The average molecular weight is 261 g/mol. The van der Waals surface area contributed by atoms with Crippen LogP contribution < -0.4 is 0 Å². The third-order valence-electron chi connectivity index (χ3n) is 3.52. The van der Waals surface area contributed by atoms with E-state index in [-0.39, 0.29) is 5.78 Å². The third kappa shape index (κ3) is 2.21. The van der Waals surface area contributed by atoms with Crippen molar-refractivity contribution in [2.24, 2.45) is 0 Å². The van der Waals surface area contributed by atoms with E-state index in [1.165, 1.54) is 5.56 Å². The molecule has 0 aliphatic rings. The van der Waals surface area contributed by atoms with Crippen molar-refractivity contribution in [1.82, 2.24) is 4.98 Å². The Bertz CT molecular complexity index is 754. The van der Waals surface area contributed by atoms with Gasteiger partial charge < -0.3 is 0 Å². The molecule has 0 unspecified atom stereocenters. The van der Waals surface area contributed by atoms with E-state index in [4.69, 9.17) is 0 Å². The molecule has 0 aliphatic carbocycles. The molecule has 0 amide bonds. The Labute approximate surface area is 118 Å². The summed E-state index contributed by atoms with van der Waals surface area (Å²) in [5.41, 5.74) is 3.52. The largest absolute Gasteiger partial charge is 0.289 e. The number of ketones is 1. The van der Waals surface area contributed by atoms with Crippen molar-refractivity contribution in [1.29, 1.82) is 0 Å². The van der Waals surface area contributed by atoms with E-state index in [0.29, 0.717) is 5.56 Å². The molecule has 3 rings (SSSR count). The number of aromatic nitrogens is 1. The van der Waals surface area contributed by atoms with Crippen LogP contribution in [0, 0.1) is 0 Å². The van der Waals surface area contributed by atoms with E-state index in [1.807, 2.05) is 48.5 Å². The van der Waals surface area contributed by atoms with E-state index < -0.39 is 0 Å². The maximum Gasteiger partial charge on any atom is 0.193 e. The molecule has 1 aromatic heterocycles. The predicted molar refractivity (Wildman–Crippen MR) is 81.0 cm³/mol. The minimum Gasteiger partial charge on any atom is -0.289 e. The Morgan fingerprint density at radius 3 is 2.50 bits per heavy atom. The Kier molecular flexibility index (Phi) is 3.30. The number of hydrogen-bond donors (Lipinski definition) is 0. The lowest BCUT2D eigenvalue weighted by atomic mass is 9.99. The van der Waals surface area contributed by atoms with Gasteiger partial charge in [0, 0.05) is 22.7 Å². The fourth-order valence-electron chi connectivity index (χ4n) is 2.34. The summed E-state index contributed by atoms with van der Waals surface area (Å²) in [6.07, 6.45) is 2.67. The summed E-state index contributed by atoms with van der Waals surface area (Å²) in [5.74, 6) is 0.0475. The van der Waals surface area contributed by atoms with Crippen molar-refractivity contribution in [3.05, 3.63) is 77.5 Å². The minimum atomic E-state index is 0.0475. The molecule has 0 N–H and O–H groups in total. The summed E-state index contributed by atoms with van der Waals surface area (Å²) in [4.78, 5) is 16.9. The Morgan fingerprint density at radius 1 is 1.00 bits per heavy atom. The number of nitrogens with zero attached hydrogens (tertiary/aromatic N) is 1. The zero-order valence-corrected chi connectivity index (χ0v) is 11.3. The number of aryl methyl sites for hydroxylation is 1. The molecule has 98 valence electrons. The number of hydrogen-bond acceptors (Lipinski definition) is 2. The van der Waals surface area contributed by atoms with Crippen LogP contribution in [0.5, 0.6) is 0 Å². The first-order valence-corrected chi connectivity index (χ1v) is 6.77. The zero-order valence-electron chi connectivity index (χ0n) is 11.3. The van der Waals surface area contributed by atoms with Crippen LogP contribution in [0.15, 0.2) is 60.8 Å². The number of pyridine rings is 1. The molecule has 0 saturated carbocycles. The van der Waals surface area contributed by atoms with Crippen LogP contribution in [0.25, 0.3) is 10.9 Å². The van der Waals surface area contributed by atoms with Gasteiger partial charge in [-0.15, -0.1) is 0 Å². The first-order valence-electron chi connectivity index (χ1n) is 6.77. The molecule has 3 aromatic rings. The summed E-state index contributed by atoms with van der Waals surface area (Å²) >= 11 is 0. The van der Waals surface area contributed by atoms with Crippen LogP contribution in [-0.4, -0.2) is 10.8 Å². The van der Waals surface area contributed by atoms with E-state index in [1.54, 1.807) is 12.3 Å². The molecule has 20 heavy (non-hydrogen) atoms. The molecule has 0 saturated heterocycles. The van der Waals surface area contributed by atoms with Crippen molar-refractivity contribution in [3.63, 3.8) is 0 Å². The molecule has 2 heteroatoms. The SMILES string of the molecule is CCc1ccc(C(=O)c2ccnc3ccccc23)cc1. The maximum absolute atomic E-state index is 12.6. The van der Waals surface area contributed by atoms with E-state index in [0.717, 1.165) is 22.9 Å². The van der Waals surface area contributed by atoms with Crippen molar-refractivity contribution in [2.45, 2.75) is 13.3 Å². The van der Waals surface area contributed by atoms with Crippen LogP contribution in [-0.2, 0) is 6.42 Å². The highest BCUT2D eigenvalue weighted by molar-refractivity contribution is 6.15. The van der Waals surface area contributed by atoms with Gasteiger partial charge in [0.1, 0.15) is 0 Å². The summed E-state index contributed by atoms with van der Waals surface area (Å²) in [6.45, 7) is 2.10. The molecule has 0 aliphatic heterocycles. The van der Waals surface area contributed by atoms with E-state index in [2.05, 4.69) is 11.9 Å². The first-order chi connectivity index (χ1) is 9.79. The molecular weight excluding hydrogens is 246 g/mol. The third-order valence-corrected chi connectivity index (χ3v) is 3.52. The van der Waals surface area contributed by atoms with Gasteiger partial charge in [0.05, 0.1) is 5.52 Å². The molecule has 0 bridgehead atoms. The molecule has 2 aromatic carbocycles. The van der Waals surface area contributed by atoms with Crippen molar-refractivity contribution < 1.29 is 4.79 Å². The van der Waals surface area contributed by atoms with Gasteiger partial charge in [0.15, 0.2) is 5.78 Å². The van der Waals surface area contributed by atoms with Crippen molar-refractivity contribution >= 4 is 16.7 Å². The average Bonchev–Trinajstić information content (AvgIpc) is 2.54. The van der Waals surface area contributed by atoms with Gasteiger partial charge in [-0.25, -0.2) is 0 Å². The van der Waals surface area contributed by atoms with Gasteiger partial charge in [0.25, 0.3) is 0 Å². The maximum atomic E-state index is 12.6. The lowest BCUT2D eigenvalue weighted by Crippen LogP contribution is -2.02. The second-order valence-electron chi connectivity index (χ2n) is 4.76. The first kappa shape index (κ1) is 12.5. The van der Waals surface area contributed by atoms with Gasteiger partial charge in [0.2, 0.25) is 0 Å². The van der Waals surface area contributed by atoms with Gasteiger partial charge in [-0.2, -0.15) is 0 Å². The minimum absolute atomic E-state index is 0.0475. The molecule has 0 atom stereocenters. The number of fused-ring (bicyclic) bond motifs is 1. The summed E-state index contributed by atoms with van der Waals surface area (Å²) in [7, 11) is 0. The zero-order chi connectivity index (χ0) is 13.9. The normalized spacial score (nSPS) is 10.7. The number of carbonyl (C=O) groups excluding carboxylic acids is 1. The van der Waals surface area contributed by atoms with Crippen LogP contribution >= 0.6 is 0 Å². The number of rotatable bonds is 3. The highest BCUT2D eigenvalue weighted by atomic mass is 16.1.